The highest BCUT2D eigenvalue weighted by Gasteiger charge is 2.31. The molecule has 0 bridgehead atoms. The van der Waals surface area contributed by atoms with E-state index < -0.39 is 6.03 Å². The van der Waals surface area contributed by atoms with Crippen molar-refractivity contribution >= 4 is 29.1 Å². The fourth-order valence-electron chi connectivity index (χ4n) is 3.12. The van der Waals surface area contributed by atoms with Crippen LogP contribution >= 0.6 is 0 Å². The highest BCUT2D eigenvalue weighted by atomic mass is 16.2. The predicted octanol–water partition coefficient (Wildman–Crippen LogP) is 3.43. The molecule has 1 unspecified atom stereocenters. The molecule has 0 saturated carbocycles. The van der Waals surface area contributed by atoms with E-state index in [0.29, 0.717) is 17.8 Å². The van der Waals surface area contributed by atoms with Crippen LogP contribution in [0.15, 0.2) is 42.5 Å². The zero-order chi connectivity index (χ0) is 19.6. The van der Waals surface area contributed by atoms with Gasteiger partial charge in [-0.2, -0.15) is 0 Å². The van der Waals surface area contributed by atoms with E-state index in [9.17, 15) is 14.4 Å². The molecule has 0 radical (unpaired) electrons. The van der Waals surface area contributed by atoms with Crippen LogP contribution in [0.1, 0.15) is 34.8 Å². The van der Waals surface area contributed by atoms with Gasteiger partial charge in [0.15, 0.2) is 5.78 Å². The smallest absolute Gasteiger partial charge is 0.319 e. The molecule has 140 valence electrons. The molecule has 2 N–H and O–H groups in total. The first kappa shape index (κ1) is 18.6. The number of Topliss-reactive ketones (excluding diaryl/α,β-unsaturated/α-hetero) is 1. The van der Waals surface area contributed by atoms with Crippen LogP contribution in [0.5, 0.6) is 0 Å². The lowest BCUT2D eigenvalue weighted by molar-refractivity contribution is -0.117. The minimum Gasteiger partial charge on any atom is -0.333 e. The van der Waals surface area contributed by atoms with E-state index in [1.165, 1.54) is 12.5 Å². The predicted molar refractivity (Wildman–Crippen MR) is 105 cm³/mol. The van der Waals surface area contributed by atoms with Crippen molar-refractivity contribution < 1.29 is 14.4 Å². The minimum absolute atomic E-state index is 0.0119. The van der Waals surface area contributed by atoms with Crippen LogP contribution in [0.4, 0.5) is 16.2 Å². The van der Waals surface area contributed by atoms with Crippen LogP contribution in [0, 0.1) is 13.8 Å². The SMILES string of the molecule is CC(=O)c1cccc(NC(=O)NC2CC(=O)N(c3ccc(C)c(C)c3)C2)c1. The number of aryl methyl sites for hydroxylation is 2. The van der Waals surface area contributed by atoms with Gasteiger partial charge in [-0.05, 0) is 56.2 Å². The fourth-order valence-corrected chi connectivity index (χ4v) is 3.12. The van der Waals surface area contributed by atoms with Gasteiger partial charge in [-0.1, -0.05) is 18.2 Å². The normalized spacial score (nSPS) is 16.3. The van der Waals surface area contributed by atoms with Gasteiger partial charge in [0.2, 0.25) is 5.91 Å². The van der Waals surface area contributed by atoms with Gasteiger partial charge in [-0.25, -0.2) is 4.79 Å². The molecule has 2 aromatic rings. The van der Waals surface area contributed by atoms with E-state index in [2.05, 4.69) is 10.6 Å². The number of nitrogens with zero attached hydrogens (tertiary/aromatic N) is 1. The summed E-state index contributed by atoms with van der Waals surface area (Å²) in [5, 5.41) is 5.55. The second-order valence-electron chi connectivity index (χ2n) is 6.91. The van der Waals surface area contributed by atoms with Gasteiger partial charge in [0.25, 0.3) is 0 Å². The van der Waals surface area contributed by atoms with Crippen molar-refractivity contribution in [1.29, 1.82) is 0 Å². The van der Waals surface area contributed by atoms with Crippen molar-refractivity contribution in [3.05, 3.63) is 59.2 Å². The lowest BCUT2D eigenvalue weighted by atomic mass is 10.1. The number of urea groups is 1. The Morgan fingerprint density at radius 3 is 2.56 bits per heavy atom. The third kappa shape index (κ3) is 4.34. The highest BCUT2D eigenvalue weighted by molar-refractivity contribution is 5.98. The van der Waals surface area contributed by atoms with E-state index in [1.54, 1.807) is 29.2 Å². The molecule has 6 nitrogen and oxygen atoms in total. The maximum absolute atomic E-state index is 12.4. The zero-order valence-corrected chi connectivity index (χ0v) is 15.7. The van der Waals surface area contributed by atoms with E-state index in [4.69, 9.17) is 0 Å². The lowest BCUT2D eigenvalue weighted by Gasteiger charge is -2.18. The molecular formula is C21H23N3O3. The molecule has 2 aromatic carbocycles. The van der Waals surface area contributed by atoms with Crippen LogP contribution in [0.2, 0.25) is 0 Å². The third-order valence-corrected chi connectivity index (χ3v) is 4.79. The first-order chi connectivity index (χ1) is 12.8. The summed E-state index contributed by atoms with van der Waals surface area (Å²) in [7, 11) is 0. The Morgan fingerprint density at radius 2 is 1.85 bits per heavy atom. The molecule has 3 rings (SSSR count). The first-order valence-corrected chi connectivity index (χ1v) is 8.89. The molecule has 1 saturated heterocycles. The number of carbonyl (C=O) groups is 3. The van der Waals surface area contributed by atoms with Crippen LogP contribution in [-0.2, 0) is 4.79 Å². The number of hydrogen-bond donors (Lipinski definition) is 2. The zero-order valence-electron chi connectivity index (χ0n) is 15.7. The Balaban J connectivity index is 1.62. The van der Waals surface area contributed by atoms with Crippen LogP contribution < -0.4 is 15.5 Å². The summed E-state index contributed by atoms with van der Waals surface area (Å²) in [4.78, 5) is 37.8. The Kier molecular flexibility index (Phi) is 5.26. The number of amides is 3. The topological polar surface area (TPSA) is 78.5 Å². The molecule has 27 heavy (non-hydrogen) atoms. The average molecular weight is 365 g/mol. The van der Waals surface area contributed by atoms with Crippen molar-refractivity contribution in [1.82, 2.24) is 5.32 Å². The van der Waals surface area contributed by atoms with Crippen LogP contribution in [-0.4, -0.2) is 30.3 Å². The van der Waals surface area contributed by atoms with Crippen LogP contribution in [0.25, 0.3) is 0 Å². The van der Waals surface area contributed by atoms with E-state index in [-0.39, 0.29) is 24.2 Å². The Bertz CT molecular complexity index is 907. The van der Waals surface area contributed by atoms with Crippen molar-refractivity contribution in [2.24, 2.45) is 0 Å². The standard InChI is InChI=1S/C21H23N3O3/c1-13-7-8-19(9-14(13)2)24-12-18(11-20(24)26)23-21(27)22-17-6-4-5-16(10-17)15(3)25/h4-10,18H,11-12H2,1-3H3,(H2,22,23,27). The second-order valence-corrected chi connectivity index (χ2v) is 6.91. The maximum Gasteiger partial charge on any atom is 0.319 e. The van der Waals surface area contributed by atoms with Gasteiger partial charge in [-0.3, -0.25) is 9.59 Å². The second kappa shape index (κ2) is 7.61. The summed E-state index contributed by atoms with van der Waals surface area (Å²) >= 11 is 0. The first-order valence-electron chi connectivity index (χ1n) is 8.89. The van der Waals surface area contributed by atoms with Gasteiger partial charge in [0.1, 0.15) is 0 Å². The molecule has 1 atom stereocenters. The Labute approximate surface area is 158 Å². The molecule has 1 heterocycles. The maximum atomic E-state index is 12.4. The molecule has 6 heteroatoms. The molecule has 0 spiro atoms. The van der Waals surface area contributed by atoms with Crippen LogP contribution in [0.3, 0.4) is 0 Å². The van der Waals surface area contributed by atoms with Crippen molar-refractivity contribution in [2.75, 3.05) is 16.8 Å². The molecule has 0 aromatic heterocycles. The van der Waals surface area contributed by atoms with Crippen molar-refractivity contribution in [3.63, 3.8) is 0 Å². The monoisotopic (exact) mass is 365 g/mol. The molecular weight excluding hydrogens is 342 g/mol. The largest absolute Gasteiger partial charge is 0.333 e. The van der Waals surface area contributed by atoms with Gasteiger partial charge in [-0.15, -0.1) is 0 Å². The van der Waals surface area contributed by atoms with E-state index in [1.807, 2.05) is 32.0 Å². The van der Waals surface area contributed by atoms with Gasteiger partial charge >= 0.3 is 6.03 Å². The number of anilines is 2. The quantitative estimate of drug-likeness (QED) is 0.815. The molecule has 0 aliphatic carbocycles. The summed E-state index contributed by atoms with van der Waals surface area (Å²) in [6.07, 6.45) is 0.258. The van der Waals surface area contributed by atoms with Gasteiger partial charge < -0.3 is 15.5 Å². The fraction of sp³-hybridized carbons (Fsp3) is 0.286. The number of nitrogens with one attached hydrogen (secondary N) is 2. The number of hydrogen-bond acceptors (Lipinski definition) is 3. The van der Waals surface area contributed by atoms with Gasteiger partial charge in [0.05, 0.1) is 6.04 Å². The Morgan fingerprint density at radius 1 is 1.07 bits per heavy atom. The summed E-state index contributed by atoms with van der Waals surface area (Å²) < 4.78 is 0. The van der Waals surface area contributed by atoms with Crippen molar-refractivity contribution in [3.8, 4) is 0 Å². The van der Waals surface area contributed by atoms with Crippen molar-refractivity contribution in [2.45, 2.75) is 33.2 Å². The van der Waals surface area contributed by atoms with Gasteiger partial charge in [0, 0.05) is 29.9 Å². The molecule has 1 fully saturated rings. The molecule has 3 amide bonds. The summed E-state index contributed by atoms with van der Waals surface area (Å²) in [6.45, 7) is 5.95. The lowest BCUT2D eigenvalue weighted by Crippen LogP contribution is -2.39. The number of rotatable bonds is 4. The average Bonchev–Trinajstić information content (AvgIpc) is 2.97. The molecule has 1 aliphatic heterocycles. The number of carbonyl (C=O) groups excluding carboxylic acids is 3. The van der Waals surface area contributed by atoms with E-state index in [0.717, 1.165) is 11.3 Å². The number of ketones is 1. The number of benzene rings is 2. The minimum atomic E-state index is -0.393. The van der Waals surface area contributed by atoms with E-state index >= 15 is 0 Å². The molecule has 1 aliphatic rings. The summed E-state index contributed by atoms with van der Waals surface area (Å²) in [5.41, 5.74) is 4.22. The highest BCUT2D eigenvalue weighted by Crippen LogP contribution is 2.24. The summed E-state index contributed by atoms with van der Waals surface area (Å²) in [6, 6.07) is 12.0. The Hall–Kier alpha value is -3.15. The summed E-state index contributed by atoms with van der Waals surface area (Å²) in [5.74, 6) is -0.0772. The third-order valence-electron chi connectivity index (χ3n) is 4.79.